The van der Waals surface area contributed by atoms with Crippen LogP contribution >= 0.6 is 15.9 Å². The molecule has 0 bridgehead atoms. The van der Waals surface area contributed by atoms with E-state index in [0.29, 0.717) is 19.6 Å². The van der Waals surface area contributed by atoms with Crippen LogP contribution < -0.4 is 9.62 Å². The van der Waals surface area contributed by atoms with Crippen molar-refractivity contribution in [3.8, 4) is 0 Å². The molecule has 0 amide bonds. The van der Waals surface area contributed by atoms with E-state index in [4.69, 9.17) is 0 Å². The molecule has 1 aliphatic rings. The SMILES string of the molecule is Cc1ccc(N2CCNCCS2(=O)=O)cc1Br. The zero-order valence-corrected chi connectivity index (χ0v) is 12.0. The number of benzene rings is 1. The van der Waals surface area contributed by atoms with Gasteiger partial charge < -0.3 is 5.32 Å². The molecule has 1 saturated heterocycles. The van der Waals surface area contributed by atoms with Gasteiger partial charge in [0.25, 0.3) is 0 Å². The first kappa shape index (κ1) is 12.9. The molecule has 0 spiro atoms. The molecule has 1 heterocycles. The summed E-state index contributed by atoms with van der Waals surface area (Å²) in [5, 5.41) is 3.10. The van der Waals surface area contributed by atoms with E-state index in [1.165, 1.54) is 4.31 Å². The molecule has 4 nitrogen and oxygen atoms in total. The molecule has 0 atom stereocenters. The van der Waals surface area contributed by atoms with Crippen molar-refractivity contribution in [2.45, 2.75) is 6.92 Å². The van der Waals surface area contributed by atoms with Crippen molar-refractivity contribution in [1.82, 2.24) is 5.32 Å². The molecule has 94 valence electrons. The third-order valence-corrected chi connectivity index (χ3v) is 5.45. The Labute approximate surface area is 110 Å². The van der Waals surface area contributed by atoms with Gasteiger partial charge in [0.15, 0.2) is 0 Å². The maximum Gasteiger partial charge on any atom is 0.236 e. The minimum Gasteiger partial charge on any atom is -0.314 e. The average Bonchev–Trinajstić information content (AvgIpc) is 2.43. The highest BCUT2D eigenvalue weighted by molar-refractivity contribution is 9.10. The standard InChI is InChI=1S/C11H15BrN2O2S/c1-9-2-3-10(8-11(9)12)14-6-4-13-5-7-17(14,15)16/h2-3,8,13H,4-7H2,1H3. The first-order valence-electron chi connectivity index (χ1n) is 5.48. The van der Waals surface area contributed by atoms with E-state index in [2.05, 4.69) is 21.2 Å². The number of aryl methyl sites for hydroxylation is 1. The molecule has 0 aliphatic carbocycles. The van der Waals surface area contributed by atoms with Crippen LogP contribution in [0, 0.1) is 6.92 Å². The molecule has 1 N–H and O–H groups in total. The highest BCUT2D eigenvalue weighted by atomic mass is 79.9. The second-order valence-corrected chi connectivity index (χ2v) is 6.94. The van der Waals surface area contributed by atoms with Crippen LogP contribution in [0.1, 0.15) is 5.56 Å². The normalized spacial score (nSPS) is 20.0. The van der Waals surface area contributed by atoms with E-state index in [1.807, 2.05) is 25.1 Å². The highest BCUT2D eigenvalue weighted by Gasteiger charge is 2.24. The van der Waals surface area contributed by atoms with Gasteiger partial charge in [-0.3, -0.25) is 4.31 Å². The topological polar surface area (TPSA) is 49.4 Å². The molecular weight excluding hydrogens is 304 g/mol. The van der Waals surface area contributed by atoms with Crippen molar-refractivity contribution in [1.29, 1.82) is 0 Å². The van der Waals surface area contributed by atoms with Gasteiger partial charge in [-0.15, -0.1) is 0 Å². The number of anilines is 1. The number of hydrogen-bond donors (Lipinski definition) is 1. The fraction of sp³-hybridized carbons (Fsp3) is 0.455. The molecule has 1 aromatic carbocycles. The van der Waals surface area contributed by atoms with Crippen LogP contribution in [0.2, 0.25) is 0 Å². The van der Waals surface area contributed by atoms with Crippen molar-refractivity contribution in [3.63, 3.8) is 0 Å². The van der Waals surface area contributed by atoms with Crippen molar-refractivity contribution >= 4 is 31.6 Å². The van der Waals surface area contributed by atoms with Crippen LogP contribution in [0.25, 0.3) is 0 Å². The number of nitrogens with zero attached hydrogens (tertiary/aromatic N) is 1. The van der Waals surface area contributed by atoms with Crippen LogP contribution in [0.15, 0.2) is 22.7 Å². The summed E-state index contributed by atoms with van der Waals surface area (Å²) in [5.41, 5.74) is 1.82. The van der Waals surface area contributed by atoms with Crippen LogP contribution in [0.4, 0.5) is 5.69 Å². The lowest BCUT2D eigenvalue weighted by Crippen LogP contribution is -2.33. The fourth-order valence-corrected chi connectivity index (χ4v) is 3.58. The van der Waals surface area contributed by atoms with E-state index in [1.54, 1.807) is 0 Å². The smallest absolute Gasteiger partial charge is 0.236 e. The summed E-state index contributed by atoms with van der Waals surface area (Å²) in [7, 11) is -3.19. The number of hydrogen-bond acceptors (Lipinski definition) is 3. The summed E-state index contributed by atoms with van der Waals surface area (Å²) in [6.07, 6.45) is 0. The van der Waals surface area contributed by atoms with Crippen molar-refractivity contribution in [2.24, 2.45) is 0 Å². The van der Waals surface area contributed by atoms with E-state index < -0.39 is 10.0 Å². The van der Waals surface area contributed by atoms with Crippen molar-refractivity contribution in [2.75, 3.05) is 29.7 Å². The minimum atomic E-state index is -3.19. The van der Waals surface area contributed by atoms with Gasteiger partial charge in [0.2, 0.25) is 10.0 Å². The Morgan fingerprint density at radius 2 is 2.12 bits per heavy atom. The zero-order valence-electron chi connectivity index (χ0n) is 9.61. The van der Waals surface area contributed by atoms with Gasteiger partial charge in [0.05, 0.1) is 11.4 Å². The van der Waals surface area contributed by atoms with Gasteiger partial charge in [-0.1, -0.05) is 22.0 Å². The Morgan fingerprint density at radius 3 is 2.82 bits per heavy atom. The Kier molecular flexibility index (Phi) is 3.75. The highest BCUT2D eigenvalue weighted by Crippen LogP contribution is 2.25. The summed E-state index contributed by atoms with van der Waals surface area (Å²) in [6.45, 7) is 3.67. The summed E-state index contributed by atoms with van der Waals surface area (Å²) in [4.78, 5) is 0. The third-order valence-electron chi connectivity index (χ3n) is 2.81. The molecule has 0 radical (unpaired) electrons. The molecule has 6 heteroatoms. The summed E-state index contributed by atoms with van der Waals surface area (Å²) < 4.78 is 26.6. The van der Waals surface area contributed by atoms with Gasteiger partial charge in [0.1, 0.15) is 0 Å². The lowest BCUT2D eigenvalue weighted by Gasteiger charge is -2.22. The van der Waals surface area contributed by atoms with E-state index in [-0.39, 0.29) is 5.75 Å². The van der Waals surface area contributed by atoms with Gasteiger partial charge in [-0.25, -0.2) is 8.42 Å². The molecule has 1 aromatic rings. The Hall–Kier alpha value is -0.590. The summed E-state index contributed by atoms with van der Waals surface area (Å²) >= 11 is 3.43. The number of nitrogens with one attached hydrogen (secondary N) is 1. The monoisotopic (exact) mass is 318 g/mol. The second kappa shape index (κ2) is 4.96. The second-order valence-electron chi connectivity index (χ2n) is 4.07. The number of rotatable bonds is 1. The summed E-state index contributed by atoms with van der Waals surface area (Å²) in [5.74, 6) is 0.151. The molecular formula is C11H15BrN2O2S. The maximum atomic E-state index is 12.1. The summed E-state index contributed by atoms with van der Waals surface area (Å²) in [6, 6.07) is 5.63. The molecule has 0 unspecified atom stereocenters. The lowest BCUT2D eigenvalue weighted by molar-refractivity contribution is 0.594. The zero-order chi connectivity index (χ0) is 12.5. The Morgan fingerprint density at radius 1 is 1.35 bits per heavy atom. The predicted molar refractivity (Wildman–Crippen MR) is 72.9 cm³/mol. The minimum absolute atomic E-state index is 0.151. The van der Waals surface area contributed by atoms with Crippen LogP contribution in [0.5, 0.6) is 0 Å². The molecule has 17 heavy (non-hydrogen) atoms. The molecule has 0 aromatic heterocycles. The lowest BCUT2D eigenvalue weighted by atomic mass is 10.2. The Balaban J connectivity index is 2.39. The van der Waals surface area contributed by atoms with Gasteiger partial charge in [0, 0.05) is 24.1 Å². The van der Waals surface area contributed by atoms with Gasteiger partial charge in [-0.2, -0.15) is 0 Å². The van der Waals surface area contributed by atoms with Crippen molar-refractivity contribution in [3.05, 3.63) is 28.2 Å². The van der Waals surface area contributed by atoms with Crippen LogP contribution in [-0.4, -0.2) is 33.8 Å². The largest absolute Gasteiger partial charge is 0.314 e. The first-order chi connectivity index (χ1) is 8.00. The number of sulfonamides is 1. The van der Waals surface area contributed by atoms with Gasteiger partial charge in [-0.05, 0) is 24.6 Å². The van der Waals surface area contributed by atoms with E-state index in [0.717, 1.165) is 15.7 Å². The van der Waals surface area contributed by atoms with Crippen molar-refractivity contribution < 1.29 is 8.42 Å². The number of halogens is 1. The molecule has 1 aliphatic heterocycles. The fourth-order valence-electron chi connectivity index (χ4n) is 1.78. The quantitative estimate of drug-likeness (QED) is 0.853. The van der Waals surface area contributed by atoms with Crippen LogP contribution in [0.3, 0.4) is 0 Å². The molecule has 0 saturated carbocycles. The van der Waals surface area contributed by atoms with Crippen LogP contribution in [-0.2, 0) is 10.0 Å². The van der Waals surface area contributed by atoms with E-state index >= 15 is 0 Å². The molecule has 2 rings (SSSR count). The third kappa shape index (κ3) is 2.81. The predicted octanol–water partition coefficient (Wildman–Crippen LogP) is 1.50. The van der Waals surface area contributed by atoms with Gasteiger partial charge >= 0.3 is 0 Å². The average molecular weight is 319 g/mol. The Bertz CT molecular complexity index is 516. The maximum absolute atomic E-state index is 12.1. The molecule has 1 fully saturated rings. The van der Waals surface area contributed by atoms with E-state index in [9.17, 15) is 8.42 Å². The first-order valence-corrected chi connectivity index (χ1v) is 7.88.